The molecule has 0 radical (unpaired) electrons. The van der Waals surface area contributed by atoms with E-state index in [1.807, 2.05) is 6.92 Å². The van der Waals surface area contributed by atoms with Crippen LogP contribution in [0.2, 0.25) is 0 Å². The van der Waals surface area contributed by atoms with Crippen LogP contribution in [0.25, 0.3) is 0 Å². The smallest absolute Gasteiger partial charge is 0.323 e. The van der Waals surface area contributed by atoms with Gasteiger partial charge in [-0.2, -0.15) is 0 Å². The molecule has 0 bridgehead atoms. The van der Waals surface area contributed by atoms with Gasteiger partial charge in [-0.3, -0.25) is 9.13 Å². The van der Waals surface area contributed by atoms with E-state index in [0.29, 0.717) is 12.0 Å². The summed E-state index contributed by atoms with van der Waals surface area (Å²) in [5, 5.41) is -1.40. The summed E-state index contributed by atoms with van der Waals surface area (Å²) >= 11 is 3.31. The van der Waals surface area contributed by atoms with E-state index in [2.05, 4.69) is 15.9 Å². The maximum atomic E-state index is 13.2. The molecular weight excluding hydrogens is 418 g/mol. The molecule has 138 valence electrons. The summed E-state index contributed by atoms with van der Waals surface area (Å²) < 4.78 is 43.0. The second kappa shape index (κ2) is 9.63. The van der Waals surface area contributed by atoms with Crippen molar-refractivity contribution >= 4 is 31.1 Å². The van der Waals surface area contributed by atoms with Gasteiger partial charge in [-0.25, -0.2) is 0 Å². The number of rotatable bonds is 10. The van der Waals surface area contributed by atoms with Crippen LogP contribution in [0.1, 0.15) is 45.1 Å². The molecular formula is C15H25BrO6P2. The van der Waals surface area contributed by atoms with Crippen LogP contribution in [-0.2, 0) is 22.7 Å². The lowest BCUT2D eigenvalue weighted by Crippen LogP contribution is -2.13. The summed E-state index contributed by atoms with van der Waals surface area (Å²) in [7, 11) is -8.23. The van der Waals surface area contributed by atoms with Crippen LogP contribution in [0.3, 0.4) is 0 Å². The average Bonchev–Trinajstić information content (AvgIpc) is 2.49. The Hall–Kier alpha value is -0.0000000000000000416. The molecule has 1 N–H and O–H groups in total. The Balaban J connectivity index is 3.42. The molecule has 1 aromatic carbocycles. The van der Waals surface area contributed by atoms with Crippen LogP contribution >= 0.6 is 31.1 Å². The van der Waals surface area contributed by atoms with Crippen molar-refractivity contribution < 1.29 is 27.6 Å². The second-order valence-electron chi connectivity index (χ2n) is 5.19. The van der Waals surface area contributed by atoms with Gasteiger partial charge >= 0.3 is 15.2 Å². The lowest BCUT2D eigenvalue weighted by atomic mass is 10.2. The molecule has 1 aromatic rings. The fraction of sp³-hybridized carbons (Fsp3) is 0.600. The quantitative estimate of drug-likeness (QED) is 0.467. The highest BCUT2D eigenvalue weighted by Crippen LogP contribution is 2.76. The third kappa shape index (κ3) is 5.77. The molecule has 0 aliphatic carbocycles. The molecule has 0 fully saturated rings. The van der Waals surface area contributed by atoms with Gasteiger partial charge in [0.15, 0.2) is 5.40 Å². The van der Waals surface area contributed by atoms with Crippen LogP contribution in [0.4, 0.5) is 0 Å². The molecule has 0 saturated heterocycles. The fourth-order valence-corrected chi connectivity index (χ4v) is 7.31. The lowest BCUT2D eigenvalue weighted by Gasteiger charge is -2.30. The van der Waals surface area contributed by atoms with Gasteiger partial charge in [-0.1, -0.05) is 35.0 Å². The Morgan fingerprint density at radius 3 is 2.00 bits per heavy atom. The number of halogens is 1. The number of hydrogen-bond acceptors (Lipinski definition) is 5. The van der Waals surface area contributed by atoms with Gasteiger partial charge in [0.05, 0.1) is 19.3 Å². The lowest BCUT2D eigenvalue weighted by molar-refractivity contribution is 0.175. The maximum Gasteiger partial charge on any atom is 0.350 e. The Kier molecular flexibility index (Phi) is 8.84. The zero-order chi connectivity index (χ0) is 18.4. The van der Waals surface area contributed by atoms with Crippen LogP contribution < -0.4 is 0 Å². The number of hydrogen-bond donors (Lipinski definition) is 1. The topological polar surface area (TPSA) is 82.1 Å². The summed E-state index contributed by atoms with van der Waals surface area (Å²) in [5.41, 5.74) is 0.373. The molecule has 0 spiro atoms. The van der Waals surface area contributed by atoms with Crippen molar-refractivity contribution in [2.24, 2.45) is 0 Å². The van der Waals surface area contributed by atoms with Gasteiger partial charge in [-0.15, -0.1) is 0 Å². The van der Waals surface area contributed by atoms with Crippen LogP contribution in [-0.4, -0.2) is 24.2 Å². The van der Waals surface area contributed by atoms with E-state index in [0.717, 1.165) is 4.47 Å². The first-order valence-corrected chi connectivity index (χ1v) is 11.9. The van der Waals surface area contributed by atoms with Crippen molar-refractivity contribution in [3.05, 3.63) is 34.3 Å². The third-order valence-corrected chi connectivity index (χ3v) is 9.27. The zero-order valence-electron chi connectivity index (χ0n) is 14.3. The van der Waals surface area contributed by atoms with Crippen LogP contribution in [0, 0.1) is 0 Å². The summed E-state index contributed by atoms with van der Waals surface area (Å²) in [6.07, 6.45) is 0.0843. The highest BCUT2D eigenvalue weighted by atomic mass is 79.9. The Morgan fingerprint density at radius 2 is 1.58 bits per heavy atom. The first-order chi connectivity index (χ1) is 11.2. The SMILES string of the molecule is CCOP(=O)(OCC)C(c1ccc(Br)cc1)P(=O)(O)OC(C)CC. The van der Waals surface area contributed by atoms with Crippen molar-refractivity contribution in [2.45, 2.75) is 45.6 Å². The molecule has 0 aromatic heterocycles. The molecule has 0 heterocycles. The van der Waals surface area contributed by atoms with Gasteiger partial charge in [0.25, 0.3) is 0 Å². The van der Waals surface area contributed by atoms with E-state index in [1.165, 1.54) is 0 Å². The fourth-order valence-electron chi connectivity index (χ4n) is 2.11. The Bertz CT molecular complexity index is 596. The van der Waals surface area contributed by atoms with Gasteiger partial charge in [0, 0.05) is 4.47 Å². The second-order valence-corrected chi connectivity index (χ2v) is 10.5. The Morgan fingerprint density at radius 1 is 1.08 bits per heavy atom. The highest BCUT2D eigenvalue weighted by molar-refractivity contribution is 9.10. The van der Waals surface area contributed by atoms with E-state index in [9.17, 15) is 14.0 Å². The van der Waals surface area contributed by atoms with E-state index in [-0.39, 0.29) is 13.2 Å². The van der Waals surface area contributed by atoms with Gasteiger partial charge in [0.2, 0.25) is 0 Å². The zero-order valence-corrected chi connectivity index (χ0v) is 17.7. The van der Waals surface area contributed by atoms with Gasteiger partial charge in [-0.05, 0) is 44.9 Å². The van der Waals surface area contributed by atoms with E-state index in [4.69, 9.17) is 13.6 Å². The molecule has 9 heteroatoms. The molecule has 6 nitrogen and oxygen atoms in total. The minimum Gasteiger partial charge on any atom is -0.323 e. The van der Waals surface area contributed by atoms with E-state index < -0.39 is 26.7 Å². The van der Waals surface area contributed by atoms with Gasteiger partial charge in [0.1, 0.15) is 0 Å². The predicted molar refractivity (Wildman–Crippen MR) is 98.4 cm³/mol. The molecule has 0 aliphatic rings. The first kappa shape index (κ1) is 22.0. The largest absolute Gasteiger partial charge is 0.350 e. The standard InChI is InChI=1S/C15H25BrO6P2/c1-5-12(4)22-23(17,18)15(13-8-10-14(16)11-9-13)24(19,20-6-2)21-7-3/h8-12,15H,5-7H2,1-4H3,(H,17,18). The van der Waals surface area contributed by atoms with Crippen molar-refractivity contribution in [3.8, 4) is 0 Å². The monoisotopic (exact) mass is 442 g/mol. The normalized spacial score (nSPS) is 17.2. The van der Waals surface area contributed by atoms with E-state index >= 15 is 0 Å². The molecule has 0 saturated carbocycles. The summed E-state index contributed by atoms with van der Waals surface area (Å²) in [5.74, 6) is 0. The van der Waals surface area contributed by atoms with Crippen molar-refractivity contribution in [1.82, 2.24) is 0 Å². The number of benzene rings is 1. The average molecular weight is 443 g/mol. The third-order valence-electron chi connectivity index (χ3n) is 3.30. The minimum absolute atomic E-state index is 0.0909. The molecule has 3 atom stereocenters. The highest BCUT2D eigenvalue weighted by Gasteiger charge is 2.50. The van der Waals surface area contributed by atoms with Crippen molar-refractivity contribution in [1.29, 1.82) is 0 Å². The first-order valence-electron chi connectivity index (χ1n) is 7.85. The summed E-state index contributed by atoms with van der Waals surface area (Å²) in [6, 6.07) is 6.63. The van der Waals surface area contributed by atoms with Crippen molar-refractivity contribution in [3.63, 3.8) is 0 Å². The molecule has 1 rings (SSSR count). The molecule has 3 unspecified atom stereocenters. The van der Waals surface area contributed by atoms with Gasteiger partial charge < -0.3 is 18.5 Å². The van der Waals surface area contributed by atoms with E-state index in [1.54, 1.807) is 45.0 Å². The van der Waals surface area contributed by atoms with Crippen molar-refractivity contribution in [2.75, 3.05) is 13.2 Å². The van der Waals surface area contributed by atoms with Crippen LogP contribution in [0.5, 0.6) is 0 Å². The predicted octanol–water partition coefficient (Wildman–Crippen LogP) is 5.71. The summed E-state index contributed by atoms with van der Waals surface area (Å²) in [4.78, 5) is 10.6. The maximum absolute atomic E-state index is 13.2. The Labute approximate surface area is 152 Å². The molecule has 0 aliphatic heterocycles. The molecule has 0 amide bonds. The van der Waals surface area contributed by atoms with Crippen LogP contribution in [0.15, 0.2) is 28.7 Å². The minimum atomic E-state index is -4.32. The summed E-state index contributed by atoms with van der Waals surface area (Å²) in [6.45, 7) is 7.02. The molecule has 24 heavy (non-hydrogen) atoms.